The van der Waals surface area contributed by atoms with Gasteiger partial charge in [0.05, 0.1) is 4.24 Å². The molecule has 1 aromatic rings. The number of benzene rings is 1. The van der Waals surface area contributed by atoms with E-state index in [1.54, 1.807) is 30.5 Å². The van der Waals surface area contributed by atoms with E-state index >= 15 is 0 Å². The van der Waals surface area contributed by atoms with E-state index in [-0.39, 0.29) is 5.57 Å². The monoisotopic (exact) mass is 284 g/mol. The fraction of sp³-hybridized carbons (Fsp3) is 0.0909. The van der Waals surface area contributed by atoms with Gasteiger partial charge in [-0.1, -0.05) is 11.6 Å². The molecule has 0 saturated carbocycles. The second-order valence-corrected chi connectivity index (χ2v) is 4.96. The zero-order valence-electron chi connectivity index (χ0n) is 8.90. The minimum absolute atomic E-state index is 0.00390. The molecule has 1 aromatic carbocycles. The van der Waals surface area contributed by atoms with Gasteiger partial charge in [-0.25, -0.2) is 0 Å². The van der Waals surface area contributed by atoms with Crippen LogP contribution in [-0.2, 0) is 4.79 Å². The van der Waals surface area contributed by atoms with E-state index in [1.807, 2.05) is 6.07 Å². The lowest BCUT2D eigenvalue weighted by Gasteiger charge is -2.05. The van der Waals surface area contributed by atoms with Gasteiger partial charge in [-0.3, -0.25) is 4.79 Å². The topological polar surface area (TPSA) is 52.9 Å². The highest BCUT2D eigenvalue weighted by molar-refractivity contribution is 8.15. The quantitative estimate of drug-likeness (QED) is 0.509. The molecule has 0 fully saturated rings. The van der Waals surface area contributed by atoms with Crippen LogP contribution in [0, 0.1) is 11.3 Å². The van der Waals surface area contributed by atoms with Gasteiger partial charge in [0.25, 0.3) is 5.91 Å². The van der Waals surface area contributed by atoms with Gasteiger partial charge in [0.15, 0.2) is 0 Å². The summed E-state index contributed by atoms with van der Waals surface area (Å²) < 4.78 is 0.388. The number of hydrogen-bond donors (Lipinski definition) is 2. The number of nitrogens with zero attached hydrogens (tertiary/aromatic N) is 1. The van der Waals surface area contributed by atoms with Gasteiger partial charge >= 0.3 is 0 Å². The molecule has 0 aliphatic carbocycles. The van der Waals surface area contributed by atoms with Crippen molar-refractivity contribution < 1.29 is 4.79 Å². The van der Waals surface area contributed by atoms with Crippen molar-refractivity contribution in [2.75, 3.05) is 11.6 Å². The average Bonchev–Trinajstić information content (AvgIpc) is 2.32. The van der Waals surface area contributed by atoms with E-state index in [2.05, 4.69) is 17.9 Å². The minimum Gasteiger partial charge on any atom is -0.321 e. The SMILES string of the molecule is CS/C(S)=C(\C#N)C(=O)Nc1ccc(Cl)cc1. The standard InChI is InChI=1S/C11H9ClN2OS2/c1-17-11(16)9(6-13)10(15)14-8-4-2-7(12)3-5-8/h2-5,16H,1H3,(H,14,15)/b11-9+. The van der Waals surface area contributed by atoms with Gasteiger partial charge in [0.2, 0.25) is 0 Å². The van der Waals surface area contributed by atoms with Crippen molar-refractivity contribution in [1.29, 1.82) is 5.26 Å². The molecule has 1 amide bonds. The van der Waals surface area contributed by atoms with Crippen LogP contribution in [0.25, 0.3) is 0 Å². The van der Waals surface area contributed by atoms with Crippen LogP contribution in [0.15, 0.2) is 34.1 Å². The van der Waals surface area contributed by atoms with E-state index in [9.17, 15) is 4.79 Å². The Hall–Kier alpha value is -1.09. The molecule has 6 heteroatoms. The van der Waals surface area contributed by atoms with Crippen molar-refractivity contribution in [3.8, 4) is 6.07 Å². The van der Waals surface area contributed by atoms with Crippen LogP contribution in [0.4, 0.5) is 5.69 Å². The van der Waals surface area contributed by atoms with Crippen LogP contribution >= 0.6 is 36.0 Å². The summed E-state index contributed by atoms with van der Waals surface area (Å²) in [6.45, 7) is 0. The fourth-order valence-electron chi connectivity index (χ4n) is 1.02. The molecule has 1 N–H and O–H groups in total. The number of halogens is 1. The van der Waals surface area contributed by atoms with E-state index < -0.39 is 5.91 Å². The van der Waals surface area contributed by atoms with Gasteiger partial charge < -0.3 is 5.32 Å². The Morgan fingerprint density at radius 1 is 1.47 bits per heavy atom. The number of rotatable bonds is 3. The summed E-state index contributed by atoms with van der Waals surface area (Å²) in [4.78, 5) is 11.7. The molecule has 0 spiro atoms. The number of carbonyl (C=O) groups is 1. The summed E-state index contributed by atoms with van der Waals surface area (Å²) in [6, 6.07) is 8.46. The predicted molar refractivity (Wildman–Crippen MR) is 75.2 cm³/mol. The maximum absolute atomic E-state index is 11.7. The highest BCUT2D eigenvalue weighted by atomic mass is 35.5. The van der Waals surface area contributed by atoms with E-state index in [4.69, 9.17) is 16.9 Å². The van der Waals surface area contributed by atoms with Crippen molar-refractivity contribution in [3.05, 3.63) is 39.1 Å². The van der Waals surface area contributed by atoms with Crippen molar-refractivity contribution in [2.45, 2.75) is 0 Å². The molecule has 0 atom stereocenters. The fourth-order valence-corrected chi connectivity index (χ4v) is 1.64. The maximum Gasteiger partial charge on any atom is 0.268 e. The number of hydrogen-bond acceptors (Lipinski definition) is 4. The Balaban J connectivity index is 2.86. The lowest BCUT2D eigenvalue weighted by molar-refractivity contribution is -0.112. The first-order valence-electron chi connectivity index (χ1n) is 4.52. The van der Waals surface area contributed by atoms with Gasteiger partial charge in [0, 0.05) is 10.7 Å². The van der Waals surface area contributed by atoms with Crippen molar-refractivity contribution in [1.82, 2.24) is 0 Å². The number of anilines is 1. The third-order valence-corrected chi connectivity index (χ3v) is 3.46. The summed E-state index contributed by atoms with van der Waals surface area (Å²) in [5, 5.41) is 12.0. The number of nitrogens with one attached hydrogen (secondary N) is 1. The Labute approximate surface area is 114 Å². The molecular formula is C11H9ClN2OS2. The van der Waals surface area contributed by atoms with Crippen molar-refractivity contribution >= 4 is 47.6 Å². The number of carbonyl (C=O) groups excluding carboxylic acids is 1. The van der Waals surface area contributed by atoms with E-state index in [0.717, 1.165) is 0 Å². The smallest absolute Gasteiger partial charge is 0.268 e. The molecule has 0 bridgehead atoms. The first-order valence-corrected chi connectivity index (χ1v) is 6.57. The number of amides is 1. The number of thioether (sulfide) groups is 1. The largest absolute Gasteiger partial charge is 0.321 e. The Kier molecular flexibility index (Phi) is 5.42. The highest BCUT2D eigenvalue weighted by Crippen LogP contribution is 2.22. The summed E-state index contributed by atoms with van der Waals surface area (Å²) in [6.07, 6.45) is 1.75. The third kappa shape index (κ3) is 4.00. The minimum atomic E-state index is -0.478. The lowest BCUT2D eigenvalue weighted by atomic mass is 10.2. The van der Waals surface area contributed by atoms with Gasteiger partial charge in [-0.15, -0.1) is 24.4 Å². The van der Waals surface area contributed by atoms with Crippen molar-refractivity contribution in [2.24, 2.45) is 0 Å². The van der Waals surface area contributed by atoms with Gasteiger partial charge in [-0.2, -0.15) is 5.26 Å². The van der Waals surface area contributed by atoms with Gasteiger partial charge in [-0.05, 0) is 30.5 Å². The Morgan fingerprint density at radius 3 is 2.53 bits per heavy atom. The molecule has 0 aliphatic rings. The first-order chi connectivity index (χ1) is 8.08. The molecule has 17 heavy (non-hydrogen) atoms. The van der Waals surface area contributed by atoms with Crippen molar-refractivity contribution in [3.63, 3.8) is 0 Å². The Morgan fingerprint density at radius 2 is 2.06 bits per heavy atom. The molecule has 0 saturated heterocycles. The zero-order chi connectivity index (χ0) is 12.8. The first kappa shape index (κ1) is 14.0. The van der Waals surface area contributed by atoms with E-state index in [0.29, 0.717) is 14.9 Å². The normalized spacial score (nSPS) is 11.4. The van der Waals surface area contributed by atoms with E-state index in [1.165, 1.54) is 11.8 Å². The maximum atomic E-state index is 11.7. The molecule has 0 heterocycles. The summed E-state index contributed by atoms with van der Waals surface area (Å²) in [5.41, 5.74) is 0.574. The lowest BCUT2D eigenvalue weighted by Crippen LogP contribution is -2.14. The van der Waals surface area contributed by atoms with Crippen LogP contribution in [0.5, 0.6) is 0 Å². The number of nitriles is 1. The summed E-state index contributed by atoms with van der Waals surface area (Å²) >= 11 is 11.0. The van der Waals surface area contributed by atoms with Gasteiger partial charge in [0.1, 0.15) is 11.6 Å². The molecule has 1 rings (SSSR count). The molecule has 3 nitrogen and oxygen atoms in total. The average molecular weight is 285 g/mol. The summed E-state index contributed by atoms with van der Waals surface area (Å²) in [5.74, 6) is -0.478. The Bertz CT molecular complexity index is 491. The van der Waals surface area contributed by atoms with Crippen LogP contribution in [0.2, 0.25) is 5.02 Å². The number of thiol groups is 1. The predicted octanol–water partition coefficient (Wildman–Crippen LogP) is 3.31. The zero-order valence-corrected chi connectivity index (χ0v) is 11.4. The highest BCUT2D eigenvalue weighted by Gasteiger charge is 2.12. The third-order valence-electron chi connectivity index (χ3n) is 1.85. The summed E-state index contributed by atoms with van der Waals surface area (Å²) in [7, 11) is 0. The molecule has 0 unspecified atom stereocenters. The van der Waals surface area contributed by atoms with Crippen LogP contribution in [0.3, 0.4) is 0 Å². The van der Waals surface area contributed by atoms with Crippen LogP contribution in [0.1, 0.15) is 0 Å². The van der Waals surface area contributed by atoms with Crippen LogP contribution in [-0.4, -0.2) is 12.2 Å². The molecule has 0 radical (unpaired) electrons. The molecule has 88 valence electrons. The van der Waals surface area contributed by atoms with Crippen LogP contribution < -0.4 is 5.32 Å². The molecular weight excluding hydrogens is 276 g/mol. The molecule has 0 aromatic heterocycles. The second-order valence-electron chi connectivity index (χ2n) is 2.96. The molecule has 0 aliphatic heterocycles. The second kappa shape index (κ2) is 6.60.